The molecule has 0 spiro atoms. The van der Waals surface area contributed by atoms with Crippen LogP contribution in [-0.4, -0.2) is 46.5 Å². The van der Waals surface area contributed by atoms with E-state index in [2.05, 4.69) is 0 Å². The van der Waals surface area contributed by atoms with Gasteiger partial charge in [0.25, 0.3) is 0 Å². The fourth-order valence-electron chi connectivity index (χ4n) is 2.54. The first-order valence-corrected chi connectivity index (χ1v) is 7.83. The van der Waals surface area contributed by atoms with Crippen molar-refractivity contribution in [2.24, 2.45) is 5.92 Å². The Labute approximate surface area is 143 Å². The van der Waals surface area contributed by atoms with Crippen molar-refractivity contribution in [2.75, 3.05) is 19.7 Å². The van der Waals surface area contributed by atoms with Crippen molar-refractivity contribution < 1.29 is 24.4 Å². The summed E-state index contributed by atoms with van der Waals surface area (Å²) >= 11 is 5.72. The van der Waals surface area contributed by atoms with Crippen molar-refractivity contribution in [2.45, 2.75) is 19.3 Å². The summed E-state index contributed by atoms with van der Waals surface area (Å²) in [6, 6.07) is 4.06. The number of piperidine rings is 1. The highest BCUT2D eigenvalue weighted by atomic mass is 35.5. The minimum atomic E-state index is -0.833. The quantitative estimate of drug-likeness (QED) is 0.618. The molecule has 1 aromatic rings. The molecule has 0 aromatic heterocycles. The minimum Gasteiger partial charge on any atom is -0.486 e. The van der Waals surface area contributed by atoms with Crippen LogP contribution in [0, 0.1) is 16.0 Å². The molecule has 130 valence electrons. The number of carboxylic acids is 1. The van der Waals surface area contributed by atoms with E-state index in [1.165, 1.54) is 18.2 Å². The van der Waals surface area contributed by atoms with Crippen LogP contribution in [0.2, 0.25) is 5.02 Å². The Bertz CT molecular complexity index is 643. The first-order valence-electron chi connectivity index (χ1n) is 7.46. The van der Waals surface area contributed by atoms with E-state index in [1.54, 1.807) is 4.90 Å². The standard InChI is InChI=1S/C15H17ClN2O6/c16-11-1-2-13(12(9-11)18(22)23)24-8-5-14(19)17-6-3-10(4-7-17)15(20)21/h1-2,9-10H,3-8H2,(H,20,21). The number of ether oxygens (including phenoxy) is 1. The van der Waals surface area contributed by atoms with Gasteiger partial charge in [-0.2, -0.15) is 0 Å². The third kappa shape index (κ3) is 4.58. The van der Waals surface area contributed by atoms with Gasteiger partial charge in [-0.05, 0) is 25.0 Å². The molecular formula is C15H17ClN2O6. The molecule has 0 radical (unpaired) electrons. The fraction of sp³-hybridized carbons (Fsp3) is 0.467. The Morgan fingerprint density at radius 1 is 1.38 bits per heavy atom. The number of nitro groups is 1. The van der Waals surface area contributed by atoms with E-state index in [9.17, 15) is 19.7 Å². The first kappa shape index (κ1) is 18.0. The third-order valence-corrected chi connectivity index (χ3v) is 4.12. The maximum atomic E-state index is 12.1. The van der Waals surface area contributed by atoms with Crippen molar-refractivity contribution in [1.29, 1.82) is 0 Å². The van der Waals surface area contributed by atoms with Crippen LogP contribution in [0.5, 0.6) is 5.75 Å². The molecule has 1 heterocycles. The number of rotatable bonds is 6. The number of carbonyl (C=O) groups is 2. The molecular weight excluding hydrogens is 340 g/mol. The van der Waals surface area contributed by atoms with E-state index >= 15 is 0 Å². The van der Waals surface area contributed by atoms with Gasteiger partial charge in [0.15, 0.2) is 5.75 Å². The zero-order chi connectivity index (χ0) is 17.7. The molecule has 1 amide bonds. The number of likely N-dealkylation sites (tertiary alicyclic amines) is 1. The van der Waals surface area contributed by atoms with Crippen LogP contribution < -0.4 is 4.74 Å². The lowest BCUT2D eigenvalue weighted by Crippen LogP contribution is -2.40. The van der Waals surface area contributed by atoms with Gasteiger partial charge in [0.1, 0.15) is 0 Å². The molecule has 1 aromatic carbocycles. The maximum Gasteiger partial charge on any atom is 0.312 e. The highest BCUT2D eigenvalue weighted by Crippen LogP contribution is 2.30. The Morgan fingerprint density at radius 3 is 2.62 bits per heavy atom. The number of amides is 1. The lowest BCUT2D eigenvalue weighted by atomic mass is 9.97. The second-order valence-corrected chi connectivity index (χ2v) is 5.90. The number of hydrogen-bond acceptors (Lipinski definition) is 5. The maximum absolute atomic E-state index is 12.1. The Kier molecular flexibility index (Phi) is 5.97. The van der Waals surface area contributed by atoms with E-state index < -0.39 is 16.8 Å². The summed E-state index contributed by atoms with van der Waals surface area (Å²) in [6.45, 7) is 0.800. The number of nitrogens with zero attached hydrogens (tertiary/aromatic N) is 2. The van der Waals surface area contributed by atoms with Gasteiger partial charge in [-0.25, -0.2) is 0 Å². The largest absolute Gasteiger partial charge is 0.486 e. The summed E-state index contributed by atoms with van der Waals surface area (Å²) in [7, 11) is 0. The summed E-state index contributed by atoms with van der Waals surface area (Å²) in [5.41, 5.74) is -0.253. The average Bonchev–Trinajstić information content (AvgIpc) is 2.56. The van der Waals surface area contributed by atoms with Gasteiger partial charge >= 0.3 is 11.7 Å². The van der Waals surface area contributed by atoms with Crippen LogP contribution >= 0.6 is 11.6 Å². The molecule has 0 aliphatic carbocycles. The predicted octanol–water partition coefficient (Wildman–Crippen LogP) is 2.34. The summed E-state index contributed by atoms with van der Waals surface area (Å²) in [4.78, 5) is 34.9. The van der Waals surface area contributed by atoms with Gasteiger partial charge < -0.3 is 14.7 Å². The van der Waals surface area contributed by atoms with E-state index in [4.69, 9.17) is 21.4 Å². The van der Waals surface area contributed by atoms with E-state index in [-0.39, 0.29) is 35.4 Å². The van der Waals surface area contributed by atoms with Crippen molar-refractivity contribution >= 4 is 29.2 Å². The van der Waals surface area contributed by atoms with E-state index in [1.807, 2.05) is 0 Å². The number of carbonyl (C=O) groups excluding carboxylic acids is 1. The molecule has 24 heavy (non-hydrogen) atoms. The molecule has 8 nitrogen and oxygen atoms in total. The van der Waals surface area contributed by atoms with Crippen molar-refractivity contribution in [3.05, 3.63) is 33.3 Å². The van der Waals surface area contributed by atoms with E-state index in [0.29, 0.717) is 25.9 Å². The monoisotopic (exact) mass is 356 g/mol. The van der Waals surface area contributed by atoms with Gasteiger partial charge in [-0.15, -0.1) is 0 Å². The first-order chi connectivity index (χ1) is 11.4. The normalized spacial score (nSPS) is 15.1. The molecule has 1 aliphatic heterocycles. The van der Waals surface area contributed by atoms with Gasteiger partial charge in [-0.1, -0.05) is 11.6 Å². The van der Waals surface area contributed by atoms with E-state index in [0.717, 1.165) is 0 Å². The molecule has 1 N–H and O–H groups in total. The van der Waals surface area contributed by atoms with Gasteiger partial charge in [0.2, 0.25) is 5.91 Å². The van der Waals surface area contributed by atoms with Gasteiger partial charge in [0, 0.05) is 24.2 Å². The van der Waals surface area contributed by atoms with Crippen molar-refractivity contribution in [1.82, 2.24) is 4.90 Å². The molecule has 0 saturated carbocycles. The summed E-state index contributed by atoms with van der Waals surface area (Å²) in [6.07, 6.45) is 0.937. The smallest absolute Gasteiger partial charge is 0.312 e. The van der Waals surface area contributed by atoms with Gasteiger partial charge in [-0.3, -0.25) is 19.7 Å². The van der Waals surface area contributed by atoms with Crippen LogP contribution in [0.15, 0.2) is 18.2 Å². The Morgan fingerprint density at radius 2 is 2.04 bits per heavy atom. The predicted molar refractivity (Wildman–Crippen MR) is 85.2 cm³/mol. The van der Waals surface area contributed by atoms with Crippen LogP contribution in [0.25, 0.3) is 0 Å². The number of hydrogen-bond donors (Lipinski definition) is 1. The summed E-state index contributed by atoms with van der Waals surface area (Å²) < 4.78 is 5.33. The molecule has 9 heteroatoms. The number of benzene rings is 1. The SMILES string of the molecule is O=C(O)C1CCN(C(=O)CCOc2ccc(Cl)cc2[N+](=O)[O-])CC1. The lowest BCUT2D eigenvalue weighted by molar-refractivity contribution is -0.385. The summed E-state index contributed by atoms with van der Waals surface area (Å²) in [5, 5.41) is 20.1. The fourth-order valence-corrected chi connectivity index (χ4v) is 2.70. The minimum absolute atomic E-state index is 0.000164. The number of aliphatic carboxylic acids is 1. The van der Waals surface area contributed by atoms with Crippen LogP contribution in [0.1, 0.15) is 19.3 Å². The Balaban J connectivity index is 1.83. The van der Waals surface area contributed by atoms with Crippen LogP contribution in [0.3, 0.4) is 0 Å². The molecule has 0 unspecified atom stereocenters. The lowest BCUT2D eigenvalue weighted by Gasteiger charge is -2.30. The molecule has 1 aliphatic rings. The van der Waals surface area contributed by atoms with Crippen molar-refractivity contribution in [3.8, 4) is 5.75 Å². The molecule has 2 rings (SSSR count). The zero-order valence-electron chi connectivity index (χ0n) is 12.8. The number of carboxylic acid groups (broad SMARTS) is 1. The highest BCUT2D eigenvalue weighted by molar-refractivity contribution is 6.30. The second kappa shape index (κ2) is 7.96. The number of halogens is 1. The topological polar surface area (TPSA) is 110 Å². The third-order valence-electron chi connectivity index (χ3n) is 3.89. The number of nitro benzene ring substituents is 1. The second-order valence-electron chi connectivity index (χ2n) is 5.46. The van der Waals surface area contributed by atoms with Crippen LogP contribution in [0.4, 0.5) is 5.69 Å². The highest BCUT2D eigenvalue weighted by Gasteiger charge is 2.26. The zero-order valence-corrected chi connectivity index (χ0v) is 13.6. The molecule has 0 bridgehead atoms. The van der Waals surface area contributed by atoms with Gasteiger partial charge in [0.05, 0.1) is 23.9 Å². The molecule has 1 fully saturated rings. The van der Waals surface area contributed by atoms with Crippen LogP contribution in [-0.2, 0) is 9.59 Å². The van der Waals surface area contributed by atoms with Crippen molar-refractivity contribution in [3.63, 3.8) is 0 Å². The molecule has 0 atom stereocenters. The average molecular weight is 357 g/mol. The molecule has 1 saturated heterocycles. The summed E-state index contributed by atoms with van der Waals surface area (Å²) in [5.74, 6) is -1.33. The Hall–Kier alpha value is -2.35.